The summed E-state index contributed by atoms with van der Waals surface area (Å²) in [6, 6.07) is 12.0. The Hall–Kier alpha value is -1.75. The molecule has 0 aromatic heterocycles. The van der Waals surface area contributed by atoms with Gasteiger partial charge in [0.05, 0.1) is 18.7 Å². The van der Waals surface area contributed by atoms with Crippen LogP contribution in [-0.4, -0.2) is 27.4 Å². The highest BCUT2D eigenvalue weighted by Crippen LogP contribution is 2.37. The molecule has 0 aliphatic heterocycles. The predicted octanol–water partition coefficient (Wildman–Crippen LogP) is 3.97. The van der Waals surface area contributed by atoms with Crippen molar-refractivity contribution in [2.24, 2.45) is 0 Å². The summed E-state index contributed by atoms with van der Waals surface area (Å²) in [6.45, 7) is 4.66. The molecular formula is C19H24ClNO3. The van der Waals surface area contributed by atoms with Crippen molar-refractivity contribution in [1.82, 2.24) is 5.32 Å². The van der Waals surface area contributed by atoms with Crippen LogP contribution in [0, 0.1) is 6.92 Å². The highest BCUT2D eigenvalue weighted by Gasteiger charge is 2.12. The molecule has 0 aliphatic carbocycles. The normalized spacial score (nSPS) is 10.7. The van der Waals surface area contributed by atoms with E-state index < -0.39 is 0 Å². The average molecular weight is 350 g/mol. The van der Waals surface area contributed by atoms with Crippen LogP contribution in [0.15, 0.2) is 36.4 Å². The van der Waals surface area contributed by atoms with E-state index in [9.17, 15) is 0 Å². The van der Waals surface area contributed by atoms with E-state index in [1.165, 1.54) is 5.56 Å². The zero-order valence-electron chi connectivity index (χ0n) is 14.4. The largest absolute Gasteiger partial charge is 0.493 e. The van der Waals surface area contributed by atoms with E-state index in [0.717, 1.165) is 17.7 Å². The van der Waals surface area contributed by atoms with Crippen LogP contribution in [0.4, 0.5) is 0 Å². The molecule has 2 rings (SSSR count). The summed E-state index contributed by atoms with van der Waals surface area (Å²) in [5.74, 6) is 1.21. The minimum Gasteiger partial charge on any atom is -0.493 e. The number of hydrogen-bond donors (Lipinski definition) is 1. The quantitative estimate of drug-likeness (QED) is 0.695. The first-order valence-corrected chi connectivity index (χ1v) is 8.27. The lowest BCUT2D eigenvalue weighted by Crippen LogP contribution is -2.18. The number of aryl methyl sites for hydroxylation is 1. The Morgan fingerprint density at radius 2 is 1.92 bits per heavy atom. The molecule has 0 spiro atoms. The van der Waals surface area contributed by atoms with E-state index >= 15 is 0 Å². The predicted molar refractivity (Wildman–Crippen MR) is 97.1 cm³/mol. The number of methoxy groups -OCH3 is 2. The van der Waals surface area contributed by atoms with Gasteiger partial charge in [-0.2, -0.15) is 0 Å². The molecule has 0 bridgehead atoms. The van der Waals surface area contributed by atoms with Crippen LogP contribution in [0.3, 0.4) is 0 Å². The summed E-state index contributed by atoms with van der Waals surface area (Å²) in [6.07, 6.45) is 0. The lowest BCUT2D eigenvalue weighted by Gasteiger charge is -2.15. The van der Waals surface area contributed by atoms with Gasteiger partial charge in [-0.15, -0.1) is 0 Å². The number of hydrogen-bond acceptors (Lipinski definition) is 4. The first-order valence-electron chi connectivity index (χ1n) is 7.89. The van der Waals surface area contributed by atoms with Gasteiger partial charge in [0, 0.05) is 20.2 Å². The van der Waals surface area contributed by atoms with Crippen LogP contribution >= 0.6 is 11.6 Å². The number of benzene rings is 2. The third-order valence-corrected chi connectivity index (χ3v) is 4.02. The molecule has 0 saturated heterocycles. The Labute approximate surface area is 148 Å². The smallest absolute Gasteiger partial charge is 0.180 e. The van der Waals surface area contributed by atoms with Gasteiger partial charge >= 0.3 is 0 Å². The number of nitrogens with one attached hydrogen (secondary N) is 1. The Morgan fingerprint density at radius 3 is 2.62 bits per heavy atom. The van der Waals surface area contributed by atoms with E-state index in [0.29, 0.717) is 36.3 Å². The summed E-state index contributed by atoms with van der Waals surface area (Å²) in [5.41, 5.74) is 3.35. The van der Waals surface area contributed by atoms with E-state index in [-0.39, 0.29) is 0 Å². The third-order valence-electron chi connectivity index (χ3n) is 3.73. The van der Waals surface area contributed by atoms with Crippen LogP contribution in [0.5, 0.6) is 11.5 Å². The highest BCUT2D eigenvalue weighted by molar-refractivity contribution is 6.32. The summed E-state index contributed by atoms with van der Waals surface area (Å²) < 4.78 is 16.4. The molecular weight excluding hydrogens is 326 g/mol. The van der Waals surface area contributed by atoms with Gasteiger partial charge in [-0.25, -0.2) is 0 Å². The Bertz CT molecular complexity index is 661. The van der Waals surface area contributed by atoms with Gasteiger partial charge in [-0.05, 0) is 35.7 Å². The molecule has 2 aromatic rings. The van der Waals surface area contributed by atoms with Gasteiger partial charge in [-0.3, -0.25) is 0 Å². The minimum absolute atomic E-state index is 0.453. The van der Waals surface area contributed by atoms with Gasteiger partial charge in [0.2, 0.25) is 0 Å². The Kier molecular flexibility index (Phi) is 7.37. The monoisotopic (exact) mass is 349 g/mol. The second kappa shape index (κ2) is 9.52. The van der Waals surface area contributed by atoms with Gasteiger partial charge in [0.1, 0.15) is 6.61 Å². The highest BCUT2D eigenvalue weighted by atomic mass is 35.5. The van der Waals surface area contributed by atoms with E-state index in [1.54, 1.807) is 14.2 Å². The first kappa shape index (κ1) is 18.6. The molecule has 0 fully saturated rings. The van der Waals surface area contributed by atoms with Crippen molar-refractivity contribution in [3.05, 3.63) is 58.1 Å². The number of ether oxygens (including phenoxy) is 3. The molecule has 1 N–H and O–H groups in total. The standard InChI is InChI=1S/C19H24ClNO3/c1-14-6-4-5-7-16(14)13-24-19-17(20)10-15(11-18(19)23-3)12-21-8-9-22-2/h4-7,10-11,21H,8-9,12-13H2,1-3H3. The lowest BCUT2D eigenvalue weighted by molar-refractivity contribution is 0.199. The fraction of sp³-hybridized carbons (Fsp3) is 0.368. The summed E-state index contributed by atoms with van der Waals surface area (Å²) in [4.78, 5) is 0. The van der Waals surface area contributed by atoms with Crippen LogP contribution in [-0.2, 0) is 17.9 Å². The van der Waals surface area contributed by atoms with Crippen molar-refractivity contribution in [2.75, 3.05) is 27.4 Å². The third kappa shape index (κ3) is 5.13. The summed E-state index contributed by atoms with van der Waals surface area (Å²) in [5, 5.41) is 3.83. The minimum atomic E-state index is 0.453. The zero-order valence-corrected chi connectivity index (χ0v) is 15.2. The van der Waals surface area contributed by atoms with Crippen molar-refractivity contribution >= 4 is 11.6 Å². The molecule has 0 amide bonds. The van der Waals surface area contributed by atoms with Gasteiger partial charge < -0.3 is 19.5 Å². The van der Waals surface area contributed by atoms with Crippen molar-refractivity contribution in [3.8, 4) is 11.5 Å². The van der Waals surface area contributed by atoms with Gasteiger partial charge in [0.25, 0.3) is 0 Å². The second-order valence-electron chi connectivity index (χ2n) is 5.49. The van der Waals surface area contributed by atoms with Crippen LogP contribution in [0.2, 0.25) is 5.02 Å². The number of halogens is 1. The fourth-order valence-electron chi connectivity index (χ4n) is 2.34. The van der Waals surface area contributed by atoms with Gasteiger partial charge in [-0.1, -0.05) is 35.9 Å². The van der Waals surface area contributed by atoms with E-state index in [1.807, 2.05) is 30.3 Å². The Balaban J connectivity index is 2.08. The Morgan fingerprint density at radius 1 is 1.12 bits per heavy atom. The maximum absolute atomic E-state index is 6.40. The van der Waals surface area contributed by atoms with E-state index in [2.05, 4.69) is 18.3 Å². The van der Waals surface area contributed by atoms with Crippen molar-refractivity contribution in [2.45, 2.75) is 20.1 Å². The van der Waals surface area contributed by atoms with Crippen molar-refractivity contribution in [1.29, 1.82) is 0 Å². The second-order valence-corrected chi connectivity index (χ2v) is 5.90. The first-order chi connectivity index (χ1) is 11.7. The molecule has 2 aromatic carbocycles. The summed E-state index contributed by atoms with van der Waals surface area (Å²) in [7, 11) is 3.30. The maximum atomic E-state index is 6.40. The molecule has 0 saturated carbocycles. The van der Waals surface area contributed by atoms with Crippen LogP contribution < -0.4 is 14.8 Å². The topological polar surface area (TPSA) is 39.7 Å². The van der Waals surface area contributed by atoms with E-state index in [4.69, 9.17) is 25.8 Å². The van der Waals surface area contributed by atoms with Crippen molar-refractivity contribution in [3.63, 3.8) is 0 Å². The molecule has 0 atom stereocenters. The molecule has 5 heteroatoms. The van der Waals surface area contributed by atoms with Crippen molar-refractivity contribution < 1.29 is 14.2 Å². The molecule has 0 aliphatic rings. The molecule has 130 valence electrons. The van der Waals surface area contributed by atoms with Crippen LogP contribution in [0.1, 0.15) is 16.7 Å². The lowest BCUT2D eigenvalue weighted by atomic mass is 10.1. The molecule has 0 unspecified atom stereocenters. The van der Waals surface area contributed by atoms with Gasteiger partial charge in [0.15, 0.2) is 11.5 Å². The fourth-order valence-corrected chi connectivity index (χ4v) is 2.63. The molecule has 24 heavy (non-hydrogen) atoms. The maximum Gasteiger partial charge on any atom is 0.180 e. The SMILES string of the molecule is COCCNCc1cc(Cl)c(OCc2ccccc2C)c(OC)c1. The molecule has 0 radical (unpaired) electrons. The van der Waals surface area contributed by atoms with Crippen LogP contribution in [0.25, 0.3) is 0 Å². The molecule has 4 nitrogen and oxygen atoms in total. The summed E-state index contributed by atoms with van der Waals surface area (Å²) >= 11 is 6.40. The molecule has 0 heterocycles. The zero-order chi connectivity index (χ0) is 17.4. The number of rotatable bonds is 9. The average Bonchev–Trinajstić information content (AvgIpc) is 2.58.